The van der Waals surface area contributed by atoms with Gasteiger partial charge in [0, 0.05) is 24.4 Å². The molecule has 0 aromatic carbocycles. The summed E-state index contributed by atoms with van der Waals surface area (Å²) in [5.74, 6) is 0.444. The van der Waals surface area contributed by atoms with Crippen molar-refractivity contribution in [3.8, 4) is 0 Å². The predicted octanol–water partition coefficient (Wildman–Crippen LogP) is 1.91. The maximum Gasteiger partial charge on any atom is 0.254 e. The van der Waals surface area contributed by atoms with Crippen molar-refractivity contribution in [1.82, 2.24) is 5.32 Å². The van der Waals surface area contributed by atoms with Crippen LogP contribution in [-0.4, -0.2) is 24.9 Å². The number of thiophene rings is 1. The quantitative estimate of drug-likeness (QED) is 0.777. The zero-order valence-electron chi connectivity index (χ0n) is 12.6. The molecule has 1 heterocycles. The van der Waals surface area contributed by atoms with E-state index in [0.717, 1.165) is 24.8 Å². The molecule has 1 aromatic heterocycles. The van der Waals surface area contributed by atoms with E-state index >= 15 is 0 Å². The van der Waals surface area contributed by atoms with Crippen LogP contribution in [0.25, 0.3) is 0 Å². The Balaban J connectivity index is 2.34. The Kier molecular flexibility index (Phi) is 5.36. The van der Waals surface area contributed by atoms with E-state index in [1.807, 2.05) is 0 Å². The van der Waals surface area contributed by atoms with E-state index in [0.29, 0.717) is 36.0 Å². The SMILES string of the molecule is CCC(=O)Nc1sc2c(c1C(=O)NCCN)CCC(C)C2. The van der Waals surface area contributed by atoms with E-state index in [4.69, 9.17) is 5.73 Å². The highest BCUT2D eigenvalue weighted by Gasteiger charge is 2.27. The molecule has 0 bridgehead atoms. The maximum atomic E-state index is 12.4. The molecule has 6 heteroatoms. The summed E-state index contributed by atoms with van der Waals surface area (Å²) in [5, 5.41) is 6.39. The molecule has 2 amide bonds. The second-order valence-electron chi connectivity index (χ2n) is 5.50. The first-order valence-corrected chi connectivity index (χ1v) is 8.31. The summed E-state index contributed by atoms with van der Waals surface area (Å²) >= 11 is 1.55. The summed E-state index contributed by atoms with van der Waals surface area (Å²) in [6.07, 6.45) is 3.38. The third-order valence-corrected chi connectivity index (χ3v) is 4.91. The summed E-state index contributed by atoms with van der Waals surface area (Å²) in [6, 6.07) is 0. The van der Waals surface area contributed by atoms with Crippen LogP contribution < -0.4 is 16.4 Å². The van der Waals surface area contributed by atoms with Crippen LogP contribution in [0.1, 0.15) is 47.5 Å². The van der Waals surface area contributed by atoms with Gasteiger partial charge in [0.1, 0.15) is 5.00 Å². The fourth-order valence-corrected chi connectivity index (χ4v) is 3.99. The van der Waals surface area contributed by atoms with Crippen molar-refractivity contribution in [2.45, 2.75) is 39.5 Å². The second kappa shape index (κ2) is 7.04. The van der Waals surface area contributed by atoms with Gasteiger partial charge in [0.15, 0.2) is 0 Å². The molecule has 5 nitrogen and oxygen atoms in total. The van der Waals surface area contributed by atoms with Gasteiger partial charge < -0.3 is 16.4 Å². The molecule has 0 saturated carbocycles. The smallest absolute Gasteiger partial charge is 0.254 e. The fourth-order valence-electron chi connectivity index (χ4n) is 2.57. The van der Waals surface area contributed by atoms with Crippen LogP contribution in [-0.2, 0) is 17.6 Å². The zero-order valence-corrected chi connectivity index (χ0v) is 13.4. The molecule has 0 saturated heterocycles. The minimum Gasteiger partial charge on any atom is -0.351 e. The van der Waals surface area contributed by atoms with E-state index in [-0.39, 0.29) is 11.8 Å². The summed E-state index contributed by atoms with van der Waals surface area (Å²) in [4.78, 5) is 25.3. The van der Waals surface area contributed by atoms with Crippen molar-refractivity contribution in [2.24, 2.45) is 11.7 Å². The first kappa shape index (κ1) is 16.0. The molecule has 0 spiro atoms. The number of fused-ring (bicyclic) bond motifs is 1. The molecule has 0 fully saturated rings. The molecule has 4 N–H and O–H groups in total. The number of nitrogens with two attached hydrogens (primary N) is 1. The minimum atomic E-state index is -0.126. The summed E-state index contributed by atoms with van der Waals surface area (Å²) in [6.45, 7) is 4.88. The van der Waals surface area contributed by atoms with E-state index in [2.05, 4.69) is 17.6 Å². The number of hydrogen-bond donors (Lipinski definition) is 3. The summed E-state index contributed by atoms with van der Waals surface area (Å²) in [5.41, 5.74) is 7.20. The van der Waals surface area contributed by atoms with Crippen molar-refractivity contribution in [2.75, 3.05) is 18.4 Å². The van der Waals surface area contributed by atoms with Gasteiger partial charge in [-0.25, -0.2) is 0 Å². The van der Waals surface area contributed by atoms with Crippen LogP contribution in [0.4, 0.5) is 5.00 Å². The lowest BCUT2D eigenvalue weighted by molar-refractivity contribution is -0.115. The van der Waals surface area contributed by atoms with Gasteiger partial charge in [0.25, 0.3) is 5.91 Å². The molecule has 2 rings (SSSR count). The lowest BCUT2D eigenvalue weighted by Crippen LogP contribution is -2.30. The highest BCUT2D eigenvalue weighted by molar-refractivity contribution is 7.17. The van der Waals surface area contributed by atoms with E-state index in [1.165, 1.54) is 4.88 Å². The molecule has 1 aliphatic rings. The highest BCUT2D eigenvalue weighted by atomic mass is 32.1. The third-order valence-electron chi connectivity index (χ3n) is 3.74. The molecule has 1 aliphatic carbocycles. The molecule has 0 radical (unpaired) electrons. The average Bonchev–Trinajstić information content (AvgIpc) is 2.81. The van der Waals surface area contributed by atoms with Crippen molar-refractivity contribution < 1.29 is 9.59 Å². The second-order valence-corrected chi connectivity index (χ2v) is 6.61. The Morgan fingerprint density at radius 1 is 1.43 bits per heavy atom. The summed E-state index contributed by atoms with van der Waals surface area (Å²) in [7, 11) is 0. The lowest BCUT2D eigenvalue weighted by atomic mass is 9.88. The number of amides is 2. The first-order valence-electron chi connectivity index (χ1n) is 7.49. The van der Waals surface area contributed by atoms with Crippen molar-refractivity contribution in [1.29, 1.82) is 0 Å². The zero-order chi connectivity index (χ0) is 15.4. The number of carbonyl (C=O) groups excluding carboxylic acids is 2. The average molecular weight is 309 g/mol. The molecule has 1 aromatic rings. The van der Waals surface area contributed by atoms with Crippen LogP contribution in [0.5, 0.6) is 0 Å². The third kappa shape index (κ3) is 3.63. The topological polar surface area (TPSA) is 84.2 Å². The number of carbonyl (C=O) groups is 2. The monoisotopic (exact) mass is 309 g/mol. The lowest BCUT2D eigenvalue weighted by Gasteiger charge is -2.18. The highest BCUT2D eigenvalue weighted by Crippen LogP contribution is 2.39. The normalized spacial score (nSPS) is 17.2. The van der Waals surface area contributed by atoms with Crippen molar-refractivity contribution in [3.63, 3.8) is 0 Å². The van der Waals surface area contributed by atoms with Crippen LogP contribution in [0.3, 0.4) is 0 Å². The Hall–Kier alpha value is -1.40. The summed E-state index contributed by atoms with van der Waals surface area (Å²) < 4.78 is 0. The number of hydrogen-bond acceptors (Lipinski definition) is 4. The molecule has 116 valence electrons. The number of rotatable bonds is 5. The van der Waals surface area contributed by atoms with Gasteiger partial charge in [-0.1, -0.05) is 13.8 Å². The Morgan fingerprint density at radius 2 is 2.19 bits per heavy atom. The standard InChI is InChI=1S/C15H23N3O2S/c1-3-12(19)18-15-13(14(20)17-7-6-16)10-5-4-9(2)8-11(10)21-15/h9H,3-8,16H2,1-2H3,(H,17,20)(H,18,19). The number of nitrogens with one attached hydrogen (secondary N) is 2. The predicted molar refractivity (Wildman–Crippen MR) is 85.8 cm³/mol. The minimum absolute atomic E-state index is 0.0606. The van der Waals surface area contributed by atoms with Crippen LogP contribution in [0, 0.1) is 5.92 Å². The first-order chi connectivity index (χ1) is 10.1. The molecule has 1 unspecified atom stereocenters. The Bertz CT molecular complexity index is 539. The number of anilines is 1. The van der Waals surface area contributed by atoms with E-state index in [9.17, 15) is 9.59 Å². The molecule has 21 heavy (non-hydrogen) atoms. The van der Waals surface area contributed by atoms with Gasteiger partial charge in [-0.15, -0.1) is 11.3 Å². The van der Waals surface area contributed by atoms with Crippen molar-refractivity contribution >= 4 is 28.2 Å². The van der Waals surface area contributed by atoms with Gasteiger partial charge >= 0.3 is 0 Å². The Labute approximate surface area is 129 Å². The Morgan fingerprint density at radius 3 is 2.86 bits per heavy atom. The van der Waals surface area contributed by atoms with Crippen LogP contribution >= 0.6 is 11.3 Å². The molecule has 1 atom stereocenters. The fraction of sp³-hybridized carbons (Fsp3) is 0.600. The molecular formula is C15H23N3O2S. The van der Waals surface area contributed by atoms with Gasteiger partial charge in [0.05, 0.1) is 5.56 Å². The van der Waals surface area contributed by atoms with E-state index in [1.54, 1.807) is 18.3 Å². The maximum absolute atomic E-state index is 12.4. The van der Waals surface area contributed by atoms with Gasteiger partial charge in [-0.05, 0) is 30.7 Å². The van der Waals surface area contributed by atoms with Gasteiger partial charge in [0.2, 0.25) is 5.91 Å². The van der Waals surface area contributed by atoms with Crippen LogP contribution in [0.15, 0.2) is 0 Å². The van der Waals surface area contributed by atoms with E-state index < -0.39 is 0 Å². The largest absolute Gasteiger partial charge is 0.351 e. The molecule has 0 aliphatic heterocycles. The van der Waals surface area contributed by atoms with Crippen molar-refractivity contribution in [3.05, 3.63) is 16.0 Å². The van der Waals surface area contributed by atoms with Gasteiger partial charge in [-0.3, -0.25) is 9.59 Å². The van der Waals surface area contributed by atoms with Gasteiger partial charge in [-0.2, -0.15) is 0 Å². The van der Waals surface area contributed by atoms with Crippen LogP contribution in [0.2, 0.25) is 0 Å². The molecular weight excluding hydrogens is 286 g/mol.